The van der Waals surface area contributed by atoms with E-state index in [0.29, 0.717) is 6.42 Å². The lowest BCUT2D eigenvalue weighted by Gasteiger charge is -2.11. The molecule has 1 aromatic rings. The predicted octanol–water partition coefficient (Wildman–Crippen LogP) is 1.76. The molecule has 4 heteroatoms. The summed E-state index contributed by atoms with van der Waals surface area (Å²) >= 11 is 0. The van der Waals surface area contributed by atoms with Gasteiger partial charge in [0, 0.05) is 6.54 Å². The number of benzene rings is 1. The van der Waals surface area contributed by atoms with E-state index in [9.17, 15) is 9.59 Å². The third kappa shape index (κ3) is 4.57. The third-order valence-corrected chi connectivity index (χ3v) is 2.87. The fourth-order valence-corrected chi connectivity index (χ4v) is 1.60. The minimum Gasteiger partial charge on any atom is -0.481 e. The number of carboxylic acids is 1. The maximum Gasteiger partial charge on any atom is 0.308 e. The van der Waals surface area contributed by atoms with E-state index >= 15 is 0 Å². The van der Waals surface area contributed by atoms with E-state index in [-0.39, 0.29) is 18.9 Å². The van der Waals surface area contributed by atoms with Crippen LogP contribution in [0.3, 0.4) is 0 Å². The van der Waals surface area contributed by atoms with Crippen molar-refractivity contribution in [3.8, 4) is 0 Å². The molecule has 98 valence electrons. The Labute approximate surface area is 107 Å². The van der Waals surface area contributed by atoms with E-state index in [4.69, 9.17) is 5.11 Å². The van der Waals surface area contributed by atoms with Gasteiger partial charge >= 0.3 is 5.97 Å². The van der Waals surface area contributed by atoms with Gasteiger partial charge in [-0.05, 0) is 18.9 Å². The molecule has 1 aromatic carbocycles. The van der Waals surface area contributed by atoms with E-state index in [0.717, 1.165) is 11.1 Å². The molecule has 0 spiro atoms. The summed E-state index contributed by atoms with van der Waals surface area (Å²) in [4.78, 5) is 22.4. The van der Waals surface area contributed by atoms with Gasteiger partial charge in [0.25, 0.3) is 0 Å². The number of rotatable bonds is 6. The molecule has 18 heavy (non-hydrogen) atoms. The third-order valence-electron chi connectivity index (χ3n) is 2.87. The van der Waals surface area contributed by atoms with Gasteiger partial charge in [0.05, 0.1) is 12.3 Å². The first kappa shape index (κ1) is 14.2. The Morgan fingerprint density at radius 2 is 1.89 bits per heavy atom. The summed E-state index contributed by atoms with van der Waals surface area (Å²) < 4.78 is 0. The van der Waals surface area contributed by atoms with Gasteiger partial charge in [0.15, 0.2) is 0 Å². The normalized spacial score (nSPS) is 11.9. The van der Waals surface area contributed by atoms with Gasteiger partial charge < -0.3 is 10.4 Å². The molecular weight excluding hydrogens is 230 g/mol. The van der Waals surface area contributed by atoms with Gasteiger partial charge in [-0.25, -0.2) is 0 Å². The van der Waals surface area contributed by atoms with Gasteiger partial charge in [-0.1, -0.05) is 36.8 Å². The second-order valence-electron chi connectivity index (χ2n) is 4.41. The van der Waals surface area contributed by atoms with Crippen LogP contribution in [-0.2, 0) is 16.0 Å². The number of carbonyl (C=O) groups excluding carboxylic acids is 1. The van der Waals surface area contributed by atoms with Crippen molar-refractivity contribution in [1.29, 1.82) is 0 Å². The lowest BCUT2D eigenvalue weighted by Crippen LogP contribution is -2.33. The molecule has 1 rings (SSSR count). The molecule has 0 saturated heterocycles. The fourth-order valence-electron chi connectivity index (χ4n) is 1.60. The minimum atomic E-state index is -0.867. The minimum absolute atomic E-state index is 0.140. The molecule has 0 aromatic heterocycles. The first-order valence-corrected chi connectivity index (χ1v) is 6.08. The molecule has 0 aliphatic rings. The average molecular weight is 249 g/mol. The first-order valence-electron chi connectivity index (χ1n) is 6.08. The molecule has 0 radical (unpaired) electrons. The lowest BCUT2D eigenvalue weighted by atomic mass is 10.1. The maximum absolute atomic E-state index is 11.6. The summed E-state index contributed by atoms with van der Waals surface area (Å²) in [6.07, 6.45) is 0.802. The van der Waals surface area contributed by atoms with Gasteiger partial charge in [0.1, 0.15) is 0 Å². The number of aliphatic carboxylic acids is 1. The number of carboxylic acid groups (broad SMARTS) is 1. The number of carbonyl (C=O) groups is 2. The molecule has 2 N–H and O–H groups in total. The zero-order valence-electron chi connectivity index (χ0n) is 10.8. The van der Waals surface area contributed by atoms with E-state index in [1.165, 1.54) is 0 Å². The van der Waals surface area contributed by atoms with Crippen LogP contribution in [0.4, 0.5) is 0 Å². The van der Waals surface area contributed by atoms with Crippen LogP contribution in [0.5, 0.6) is 0 Å². The average Bonchev–Trinajstić information content (AvgIpc) is 2.32. The van der Waals surface area contributed by atoms with Gasteiger partial charge in [0.2, 0.25) is 5.91 Å². The van der Waals surface area contributed by atoms with E-state index in [1.54, 1.807) is 6.92 Å². The van der Waals surface area contributed by atoms with Crippen LogP contribution in [0.15, 0.2) is 24.3 Å². The highest BCUT2D eigenvalue weighted by molar-refractivity contribution is 5.79. The van der Waals surface area contributed by atoms with Crippen molar-refractivity contribution < 1.29 is 14.7 Å². The predicted molar refractivity (Wildman–Crippen MR) is 69.3 cm³/mol. The van der Waals surface area contributed by atoms with Gasteiger partial charge in [-0.3, -0.25) is 9.59 Å². The van der Waals surface area contributed by atoms with Crippen molar-refractivity contribution in [2.24, 2.45) is 5.92 Å². The van der Waals surface area contributed by atoms with Crippen LogP contribution in [-0.4, -0.2) is 23.5 Å². The summed E-state index contributed by atoms with van der Waals surface area (Å²) in [6.45, 7) is 3.98. The van der Waals surface area contributed by atoms with Crippen LogP contribution in [0.25, 0.3) is 0 Å². The number of hydrogen-bond donors (Lipinski definition) is 2. The Balaban J connectivity index is 2.42. The first-order chi connectivity index (χ1) is 8.52. The van der Waals surface area contributed by atoms with Crippen molar-refractivity contribution in [2.75, 3.05) is 6.54 Å². The zero-order valence-corrected chi connectivity index (χ0v) is 10.8. The monoisotopic (exact) mass is 249 g/mol. The summed E-state index contributed by atoms with van der Waals surface area (Å²) in [5.41, 5.74) is 2.08. The molecule has 1 atom stereocenters. The number of nitrogens with one attached hydrogen (secondary N) is 1. The topological polar surface area (TPSA) is 66.4 Å². The van der Waals surface area contributed by atoms with E-state index < -0.39 is 11.9 Å². The molecule has 0 fully saturated rings. The molecule has 0 bridgehead atoms. The van der Waals surface area contributed by atoms with Crippen molar-refractivity contribution in [3.63, 3.8) is 0 Å². The van der Waals surface area contributed by atoms with Gasteiger partial charge in [-0.2, -0.15) is 0 Å². The Bertz CT molecular complexity index is 412. The lowest BCUT2D eigenvalue weighted by molar-refractivity contribution is -0.141. The van der Waals surface area contributed by atoms with Crippen molar-refractivity contribution in [2.45, 2.75) is 26.7 Å². The van der Waals surface area contributed by atoms with E-state index in [2.05, 4.69) is 5.32 Å². The zero-order chi connectivity index (χ0) is 13.5. The molecule has 1 amide bonds. The van der Waals surface area contributed by atoms with Crippen LogP contribution in [0.1, 0.15) is 24.5 Å². The molecule has 0 heterocycles. The molecule has 4 nitrogen and oxygen atoms in total. The molecule has 1 unspecified atom stereocenters. The quantitative estimate of drug-likeness (QED) is 0.807. The van der Waals surface area contributed by atoms with Crippen LogP contribution < -0.4 is 5.32 Å². The Morgan fingerprint density at radius 1 is 1.28 bits per heavy atom. The number of hydrogen-bond acceptors (Lipinski definition) is 2. The second kappa shape index (κ2) is 6.79. The highest BCUT2D eigenvalue weighted by Crippen LogP contribution is 2.04. The Morgan fingerprint density at radius 3 is 2.39 bits per heavy atom. The molecule has 0 saturated carbocycles. The number of amides is 1. The highest BCUT2D eigenvalue weighted by Gasteiger charge is 2.15. The number of aryl methyl sites for hydroxylation is 1. The van der Waals surface area contributed by atoms with Crippen LogP contribution in [0, 0.1) is 12.8 Å². The largest absolute Gasteiger partial charge is 0.481 e. The Kier molecular flexibility index (Phi) is 5.36. The fraction of sp³-hybridized carbons (Fsp3) is 0.429. The summed E-state index contributed by atoms with van der Waals surface area (Å²) in [5, 5.41) is 11.5. The highest BCUT2D eigenvalue weighted by atomic mass is 16.4. The second-order valence-corrected chi connectivity index (χ2v) is 4.41. The van der Waals surface area contributed by atoms with Crippen LogP contribution in [0.2, 0.25) is 0 Å². The summed E-state index contributed by atoms with van der Waals surface area (Å²) in [7, 11) is 0. The molecular formula is C14H19NO3. The van der Waals surface area contributed by atoms with Gasteiger partial charge in [-0.15, -0.1) is 0 Å². The molecule has 0 aliphatic heterocycles. The standard InChI is InChI=1S/C14H19NO3/c1-3-12(14(17)18)9-15-13(16)8-11-6-4-10(2)5-7-11/h4-7,12H,3,8-9H2,1-2H3,(H,15,16)(H,17,18). The SMILES string of the molecule is CCC(CNC(=O)Cc1ccc(C)cc1)C(=O)O. The smallest absolute Gasteiger partial charge is 0.308 e. The molecule has 0 aliphatic carbocycles. The summed E-state index contributed by atoms with van der Waals surface area (Å²) in [6, 6.07) is 7.72. The Hall–Kier alpha value is -1.84. The van der Waals surface area contributed by atoms with E-state index in [1.807, 2.05) is 31.2 Å². The summed E-state index contributed by atoms with van der Waals surface area (Å²) in [5.74, 6) is -1.52. The van der Waals surface area contributed by atoms with Crippen molar-refractivity contribution >= 4 is 11.9 Å². The van der Waals surface area contributed by atoms with Crippen LogP contribution >= 0.6 is 0 Å². The van der Waals surface area contributed by atoms with Crippen molar-refractivity contribution in [3.05, 3.63) is 35.4 Å². The van der Waals surface area contributed by atoms with Crippen molar-refractivity contribution in [1.82, 2.24) is 5.32 Å². The maximum atomic E-state index is 11.6.